The van der Waals surface area contributed by atoms with Crippen LogP contribution in [0.3, 0.4) is 0 Å². The van der Waals surface area contributed by atoms with Crippen LogP contribution in [0.5, 0.6) is 11.5 Å². The van der Waals surface area contributed by atoms with Gasteiger partial charge in [0.15, 0.2) is 6.61 Å². The molecule has 0 aliphatic carbocycles. The normalized spacial score (nSPS) is 15.9. The Bertz CT molecular complexity index is 984. The Labute approximate surface area is 180 Å². The van der Waals surface area contributed by atoms with Crippen molar-refractivity contribution >= 4 is 28.6 Å². The number of fused-ring (bicyclic) bond motifs is 3. The average molecular weight is 436 g/mol. The Hall–Kier alpha value is -2.19. The molecule has 30 heavy (non-hydrogen) atoms. The van der Waals surface area contributed by atoms with Crippen molar-refractivity contribution in [1.29, 1.82) is 0 Å². The van der Waals surface area contributed by atoms with Crippen molar-refractivity contribution in [3.8, 4) is 11.5 Å². The van der Waals surface area contributed by atoms with Crippen molar-refractivity contribution in [2.24, 2.45) is 0 Å². The third-order valence-electron chi connectivity index (χ3n) is 5.22. The summed E-state index contributed by atoms with van der Waals surface area (Å²) in [4.78, 5) is 24.4. The molecule has 0 saturated heterocycles. The largest absolute Gasteiger partial charge is 0.487 e. The Morgan fingerprint density at radius 1 is 1.40 bits per heavy atom. The van der Waals surface area contributed by atoms with Gasteiger partial charge in [-0.3, -0.25) is 4.79 Å². The lowest BCUT2D eigenvalue weighted by atomic mass is 9.92. The van der Waals surface area contributed by atoms with Crippen molar-refractivity contribution in [3.05, 3.63) is 33.7 Å². The summed E-state index contributed by atoms with van der Waals surface area (Å²) in [5.74, 6) is 1.56. The number of carbonyl (C=O) groups excluding carboxylic acids is 1. The first-order valence-electron chi connectivity index (χ1n) is 10.1. The highest BCUT2D eigenvalue weighted by atomic mass is 32.2. The molecule has 0 saturated carbocycles. The summed E-state index contributed by atoms with van der Waals surface area (Å²) in [7, 11) is 0. The summed E-state index contributed by atoms with van der Waals surface area (Å²) in [6.45, 7) is 5.48. The topological polar surface area (TPSA) is 98.0 Å². The highest BCUT2D eigenvalue weighted by Crippen LogP contribution is 2.42. The van der Waals surface area contributed by atoms with E-state index in [2.05, 4.69) is 5.32 Å². The predicted octanol–water partition coefficient (Wildman–Crippen LogP) is 2.81. The van der Waals surface area contributed by atoms with E-state index in [-0.39, 0.29) is 30.8 Å². The van der Waals surface area contributed by atoms with Crippen LogP contribution in [0.4, 0.5) is 0 Å². The lowest BCUT2D eigenvalue weighted by molar-refractivity contribution is -0.124. The molecular weight excluding hydrogens is 406 g/mol. The van der Waals surface area contributed by atoms with Gasteiger partial charge in [0.05, 0.1) is 18.0 Å². The first-order valence-corrected chi connectivity index (χ1v) is 11.4. The van der Waals surface area contributed by atoms with Crippen LogP contribution in [-0.2, 0) is 11.2 Å². The maximum Gasteiger partial charge on any atom is 0.336 e. The van der Waals surface area contributed by atoms with Crippen LogP contribution >= 0.6 is 11.8 Å². The Balaban J connectivity index is 1.88. The number of aliphatic hydroxyl groups excluding tert-OH is 1. The van der Waals surface area contributed by atoms with Gasteiger partial charge in [-0.2, -0.15) is 11.8 Å². The van der Waals surface area contributed by atoms with Gasteiger partial charge >= 0.3 is 5.63 Å². The first-order chi connectivity index (χ1) is 14.2. The monoisotopic (exact) mass is 435 g/mol. The second-order valence-corrected chi connectivity index (χ2v) is 9.17. The van der Waals surface area contributed by atoms with Crippen LogP contribution in [0.1, 0.15) is 37.8 Å². The first kappa shape index (κ1) is 22.5. The maximum absolute atomic E-state index is 12.4. The number of aliphatic hydroxyl groups is 1. The number of thioether (sulfide) groups is 1. The van der Waals surface area contributed by atoms with Crippen LogP contribution in [0.25, 0.3) is 11.0 Å². The number of hydrogen-bond acceptors (Lipinski definition) is 7. The number of rotatable bonds is 8. The fraction of sp³-hybridized carbons (Fsp3) is 0.545. The zero-order valence-electron chi connectivity index (χ0n) is 17.9. The van der Waals surface area contributed by atoms with Gasteiger partial charge in [0, 0.05) is 17.7 Å². The van der Waals surface area contributed by atoms with Gasteiger partial charge in [-0.15, -0.1) is 0 Å². The number of ether oxygens (including phenoxy) is 2. The molecule has 164 valence electrons. The fourth-order valence-electron chi connectivity index (χ4n) is 3.62. The molecular formula is C22H29NO6S. The lowest BCUT2D eigenvalue weighted by Crippen LogP contribution is -2.40. The summed E-state index contributed by atoms with van der Waals surface area (Å²) >= 11 is 1.66. The van der Waals surface area contributed by atoms with E-state index in [1.54, 1.807) is 17.8 Å². The van der Waals surface area contributed by atoms with Gasteiger partial charge in [-0.05, 0) is 57.6 Å². The lowest BCUT2D eigenvalue weighted by Gasteiger charge is -2.33. The molecule has 2 aromatic rings. The van der Waals surface area contributed by atoms with E-state index in [0.29, 0.717) is 28.9 Å². The van der Waals surface area contributed by atoms with Crippen LogP contribution in [0.15, 0.2) is 21.3 Å². The molecule has 0 radical (unpaired) electrons. The van der Waals surface area contributed by atoms with Crippen LogP contribution in [0.2, 0.25) is 0 Å². The quantitative estimate of drug-likeness (QED) is 0.615. The van der Waals surface area contributed by atoms with E-state index >= 15 is 0 Å². The average Bonchev–Trinajstić information content (AvgIpc) is 2.67. The molecule has 1 aromatic carbocycles. The third-order valence-corrected chi connectivity index (χ3v) is 5.86. The minimum Gasteiger partial charge on any atom is -0.487 e. The predicted molar refractivity (Wildman–Crippen MR) is 118 cm³/mol. The molecule has 1 aliphatic heterocycles. The molecule has 1 aromatic heterocycles. The summed E-state index contributed by atoms with van der Waals surface area (Å²) < 4.78 is 17.5. The highest BCUT2D eigenvalue weighted by Gasteiger charge is 2.30. The maximum atomic E-state index is 12.4. The zero-order valence-corrected chi connectivity index (χ0v) is 18.7. The van der Waals surface area contributed by atoms with E-state index in [0.717, 1.165) is 29.7 Å². The summed E-state index contributed by atoms with van der Waals surface area (Å²) in [5.41, 5.74) is 1.25. The second kappa shape index (κ2) is 9.31. The van der Waals surface area contributed by atoms with E-state index in [9.17, 15) is 14.7 Å². The molecule has 8 heteroatoms. The standard InChI is InChI=1S/C22H29NO6S/c1-13-9-19(26)28-21-15-5-7-22(2,3)29-16(15)10-17(20(13)21)27-12-18(25)23-14(11-24)6-8-30-4/h9-10,14,24H,5-8,11-12H2,1-4H3,(H,23,25). The van der Waals surface area contributed by atoms with Gasteiger partial charge in [-0.1, -0.05) is 0 Å². The van der Waals surface area contributed by atoms with E-state index in [1.807, 2.05) is 27.0 Å². The molecule has 0 bridgehead atoms. The molecule has 2 heterocycles. The van der Waals surface area contributed by atoms with Crippen molar-refractivity contribution in [3.63, 3.8) is 0 Å². The van der Waals surface area contributed by atoms with E-state index < -0.39 is 5.63 Å². The number of aryl methyl sites for hydroxylation is 2. The van der Waals surface area contributed by atoms with Gasteiger partial charge < -0.3 is 24.3 Å². The number of benzene rings is 1. The molecule has 0 fully saturated rings. The van der Waals surface area contributed by atoms with Crippen LogP contribution in [0, 0.1) is 6.92 Å². The Morgan fingerprint density at radius 3 is 2.87 bits per heavy atom. The van der Waals surface area contributed by atoms with E-state index in [4.69, 9.17) is 13.9 Å². The molecule has 1 atom stereocenters. The third kappa shape index (κ3) is 5.10. The molecule has 1 amide bonds. The van der Waals surface area contributed by atoms with Crippen molar-refractivity contribution in [2.75, 3.05) is 25.2 Å². The van der Waals surface area contributed by atoms with Crippen LogP contribution < -0.4 is 20.4 Å². The minimum atomic E-state index is -0.429. The van der Waals surface area contributed by atoms with Crippen molar-refractivity contribution < 1.29 is 23.8 Å². The molecule has 7 nitrogen and oxygen atoms in total. The molecule has 1 unspecified atom stereocenters. The smallest absolute Gasteiger partial charge is 0.336 e. The zero-order chi connectivity index (χ0) is 21.9. The summed E-state index contributed by atoms with van der Waals surface area (Å²) in [5, 5.41) is 12.9. The van der Waals surface area contributed by atoms with Gasteiger partial charge in [0.25, 0.3) is 5.91 Å². The second-order valence-electron chi connectivity index (χ2n) is 8.18. The van der Waals surface area contributed by atoms with Crippen LogP contribution in [-0.4, -0.2) is 47.9 Å². The molecule has 1 aliphatic rings. The Morgan fingerprint density at radius 2 is 2.17 bits per heavy atom. The minimum absolute atomic E-state index is 0.124. The van der Waals surface area contributed by atoms with Gasteiger partial charge in [0.1, 0.15) is 22.7 Å². The number of hydrogen-bond donors (Lipinski definition) is 2. The fourth-order valence-corrected chi connectivity index (χ4v) is 4.14. The summed E-state index contributed by atoms with van der Waals surface area (Å²) in [6.07, 6.45) is 4.18. The van der Waals surface area contributed by atoms with Gasteiger partial charge in [-0.25, -0.2) is 4.79 Å². The molecule has 0 spiro atoms. The van der Waals surface area contributed by atoms with Crippen molar-refractivity contribution in [2.45, 2.75) is 51.7 Å². The number of nitrogens with one attached hydrogen (secondary N) is 1. The van der Waals surface area contributed by atoms with Gasteiger partial charge in [0.2, 0.25) is 0 Å². The summed E-state index contributed by atoms with van der Waals surface area (Å²) in [6, 6.07) is 2.88. The highest BCUT2D eigenvalue weighted by molar-refractivity contribution is 7.98. The molecule has 2 N–H and O–H groups in total. The Kier molecular flexibility index (Phi) is 6.98. The SMILES string of the molecule is CSCCC(CO)NC(=O)COc1cc2c(c3oc(=O)cc(C)c13)CCC(C)(C)O2. The number of carbonyl (C=O) groups is 1. The van der Waals surface area contributed by atoms with E-state index in [1.165, 1.54) is 6.07 Å². The van der Waals surface area contributed by atoms with Crippen molar-refractivity contribution in [1.82, 2.24) is 5.32 Å². The molecule has 3 rings (SSSR count). The number of amides is 1.